The highest BCUT2D eigenvalue weighted by molar-refractivity contribution is 8.00. The van der Waals surface area contributed by atoms with Gasteiger partial charge in [-0.15, -0.1) is 11.8 Å². The van der Waals surface area contributed by atoms with Gasteiger partial charge in [-0.25, -0.2) is 0 Å². The standard InChI is InChI=1S/C25H24N2O2S/c28-24(23(19-9-3-1-4-10-19)30-22-11-5-2-6-12-22)26-21-15-13-20(14-16-21)25(29)27-17-7-8-18-27/h1-6,9-16,23H,7-8,17-18H2,(H,26,28). The molecule has 0 aromatic heterocycles. The fraction of sp³-hybridized carbons (Fsp3) is 0.200. The highest BCUT2D eigenvalue weighted by atomic mass is 32.2. The van der Waals surface area contributed by atoms with Gasteiger partial charge in [0.05, 0.1) is 0 Å². The Morgan fingerprint density at radius 1 is 0.800 bits per heavy atom. The molecule has 1 saturated heterocycles. The summed E-state index contributed by atoms with van der Waals surface area (Å²) in [7, 11) is 0. The quantitative estimate of drug-likeness (QED) is 0.548. The number of hydrogen-bond donors (Lipinski definition) is 1. The molecule has 30 heavy (non-hydrogen) atoms. The topological polar surface area (TPSA) is 49.4 Å². The van der Waals surface area contributed by atoms with Crippen LogP contribution in [0.1, 0.15) is 34.0 Å². The van der Waals surface area contributed by atoms with Crippen LogP contribution in [0.15, 0.2) is 89.8 Å². The van der Waals surface area contributed by atoms with Crippen LogP contribution in [0.5, 0.6) is 0 Å². The number of thioether (sulfide) groups is 1. The Morgan fingerprint density at radius 2 is 1.40 bits per heavy atom. The molecular weight excluding hydrogens is 392 g/mol. The fourth-order valence-electron chi connectivity index (χ4n) is 3.54. The largest absolute Gasteiger partial charge is 0.339 e. The summed E-state index contributed by atoms with van der Waals surface area (Å²) in [6.07, 6.45) is 2.14. The minimum Gasteiger partial charge on any atom is -0.339 e. The van der Waals surface area contributed by atoms with Gasteiger partial charge in [-0.3, -0.25) is 9.59 Å². The Morgan fingerprint density at radius 3 is 2.03 bits per heavy atom. The zero-order valence-corrected chi connectivity index (χ0v) is 17.5. The van der Waals surface area contributed by atoms with Gasteiger partial charge < -0.3 is 10.2 Å². The Kier molecular flexibility index (Phi) is 6.50. The highest BCUT2D eigenvalue weighted by Crippen LogP contribution is 2.36. The summed E-state index contributed by atoms with van der Waals surface area (Å²) in [5, 5.41) is 2.64. The molecule has 5 heteroatoms. The summed E-state index contributed by atoms with van der Waals surface area (Å²) in [5.74, 6) is -0.0270. The first-order chi connectivity index (χ1) is 14.7. The number of amides is 2. The molecule has 0 aliphatic carbocycles. The number of nitrogens with one attached hydrogen (secondary N) is 1. The minimum atomic E-state index is -0.375. The Balaban J connectivity index is 1.48. The lowest BCUT2D eigenvalue weighted by molar-refractivity contribution is -0.115. The molecule has 1 fully saturated rings. The second-order valence-corrected chi connectivity index (χ2v) is 8.47. The summed E-state index contributed by atoms with van der Waals surface area (Å²) in [5.41, 5.74) is 2.30. The predicted molar refractivity (Wildman–Crippen MR) is 122 cm³/mol. The summed E-state index contributed by atoms with van der Waals surface area (Å²) in [6.45, 7) is 1.65. The average Bonchev–Trinajstić information content (AvgIpc) is 3.34. The molecule has 152 valence electrons. The van der Waals surface area contributed by atoms with Crippen LogP contribution in [0.3, 0.4) is 0 Å². The summed E-state index contributed by atoms with van der Waals surface area (Å²) >= 11 is 1.52. The van der Waals surface area contributed by atoms with E-state index in [-0.39, 0.29) is 17.1 Å². The third-order valence-corrected chi connectivity index (χ3v) is 6.40. The molecule has 3 aromatic carbocycles. The molecule has 1 aliphatic heterocycles. The molecule has 0 radical (unpaired) electrons. The number of hydrogen-bond acceptors (Lipinski definition) is 3. The van der Waals surface area contributed by atoms with E-state index in [0.29, 0.717) is 11.3 Å². The molecular formula is C25H24N2O2S. The van der Waals surface area contributed by atoms with Crippen LogP contribution in [-0.2, 0) is 4.79 Å². The van der Waals surface area contributed by atoms with Crippen LogP contribution < -0.4 is 5.32 Å². The molecule has 1 unspecified atom stereocenters. The molecule has 0 bridgehead atoms. The van der Waals surface area contributed by atoms with Crippen molar-refractivity contribution in [1.29, 1.82) is 0 Å². The number of benzene rings is 3. The van der Waals surface area contributed by atoms with E-state index in [2.05, 4.69) is 5.32 Å². The van der Waals surface area contributed by atoms with Crippen molar-refractivity contribution in [3.8, 4) is 0 Å². The zero-order chi connectivity index (χ0) is 20.8. The van der Waals surface area contributed by atoms with Gasteiger partial charge in [0.1, 0.15) is 5.25 Å². The van der Waals surface area contributed by atoms with Gasteiger partial charge in [-0.2, -0.15) is 0 Å². The number of anilines is 1. The van der Waals surface area contributed by atoms with Crippen molar-refractivity contribution < 1.29 is 9.59 Å². The number of likely N-dealkylation sites (tertiary alicyclic amines) is 1. The maximum absolute atomic E-state index is 13.1. The summed E-state index contributed by atoms with van der Waals surface area (Å²) in [6, 6.07) is 26.9. The third-order valence-electron chi connectivity index (χ3n) is 5.13. The van der Waals surface area contributed by atoms with E-state index in [9.17, 15) is 9.59 Å². The first kappa shape index (κ1) is 20.2. The lowest BCUT2D eigenvalue weighted by Crippen LogP contribution is -2.27. The monoisotopic (exact) mass is 416 g/mol. The van der Waals surface area contributed by atoms with E-state index in [4.69, 9.17) is 0 Å². The maximum Gasteiger partial charge on any atom is 0.253 e. The smallest absolute Gasteiger partial charge is 0.253 e. The minimum absolute atomic E-state index is 0.0622. The zero-order valence-electron chi connectivity index (χ0n) is 16.7. The molecule has 3 aromatic rings. The van der Waals surface area contributed by atoms with E-state index in [1.165, 1.54) is 11.8 Å². The second-order valence-electron chi connectivity index (χ2n) is 7.29. The van der Waals surface area contributed by atoms with Crippen LogP contribution >= 0.6 is 11.8 Å². The van der Waals surface area contributed by atoms with Crippen LogP contribution in [0.25, 0.3) is 0 Å². The van der Waals surface area contributed by atoms with Crippen molar-refractivity contribution in [2.24, 2.45) is 0 Å². The van der Waals surface area contributed by atoms with E-state index >= 15 is 0 Å². The van der Waals surface area contributed by atoms with Crippen molar-refractivity contribution in [3.05, 3.63) is 96.1 Å². The number of carbonyl (C=O) groups excluding carboxylic acids is 2. The molecule has 0 spiro atoms. The van der Waals surface area contributed by atoms with Gasteiger partial charge in [0.2, 0.25) is 5.91 Å². The van der Waals surface area contributed by atoms with Crippen molar-refractivity contribution >= 4 is 29.3 Å². The van der Waals surface area contributed by atoms with E-state index in [0.717, 1.165) is 36.4 Å². The summed E-state index contributed by atoms with van der Waals surface area (Å²) < 4.78 is 0. The normalized spacial score (nSPS) is 14.3. The molecule has 1 heterocycles. The van der Waals surface area contributed by atoms with Crippen LogP contribution in [0, 0.1) is 0 Å². The van der Waals surface area contributed by atoms with E-state index in [1.807, 2.05) is 65.6 Å². The van der Waals surface area contributed by atoms with Crippen LogP contribution in [-0.4, -0.2) is 29.8 Å². The number of nitrogens with zero attached hydrogens (tertiary/aromatic N) is 1. The Hall–Kier alpha value is -3.05. The molecule has 4 rings (SSSR count). The van der Waals surface area contributed by atoms with Crippen molar-refractivity contribution in [2.75, 3.05) is 18.4 Å². The molecule has 1 aliphatic rings. The van der Waals surface area contributed by atoms with E-state index < -0.39 is 0 Å². The van der Waals surface area contributed by atoms with Crippen molar-refractivity contribution in [3.63, 3.8) is 0 Å². The lowest BCUT2D eigenvalue weighted by atomic mass is 10.1. The Bertz CT molecular complexity index is 985. The molecule has 0 saturated carbocycles. The first-order valence-electron chi connectivity index (χ1n) is 10.2. The van der Waals surface area contributed by atoms with Crippen molar-refractivity contribution in [2.45, 2.75) is 23.0 Å². The Labute approximate surface area is 181 Å². The fourth-order valence-corrected chi connectivity index (χ4v) is 4.59. The molecule has 1 atom stereocenters. The van der Waals surface area contributed by atoms with Crippen LogP contribution in [0.2, 0.25) is 0 Å². The first-order valence-corrected chi connectivity index (χ1v) is 11.1. The lowest BCUT2D eigenvalue weighted by Gasteiger charge is -2.18. The van der Waals surface area contributed by atoms with Gasteiger partial charge in [-0.05, 0) is 54.8 Å². The highest BCUT2D eigenvalue weighted by Gasteiger charge is 2.23. The van der Waals surface area contributed by atoms with Gasteiger partial charge in [-0.1, -0.05) is 48.5 Å². The SMILES string of the molecule is O=C(Nc1ccc(C(=O)N2CCCC2)cc1)C(Sc1ccccc1)c1ccccc1. The number of carbonyl (C=O) groups is 2. The van der Waals surface area contributed by atoms with Crippen LogP contribution in [0.4, 0.5) is 5.69 Å². The predicted octanol–water partition coefficient (Wildman–Crippen LogP) is 5.39. The molecule has 1 N–H and O–H groups in total. The average molecular weight is 417 g/mol. The van der Waals surface area contributed by atoms with Gasteiger partial charge >= 0.3 is 0 Å². The third kappa shape index (κ3) is 4.92. The number of rotatable bonds is 6. The van der Waals surface area contributed by atoms with Crippen molar-refractivity contribution in [1.82, 2.24) is 4.90 Å². The molecule has 4 nitrogen and oxygen atoms in total. The van der Waals surface area contributed by atoms with Gasteiger partial charge in [0.25, 0.3) is 5.91 Å². The van der Waals surface area contributed by atoms with Gasteiger partial charge in [0, 0.05) is 29.2 Å². The maximum atomic E-state index is 13.1. The van der Waals surface area contributed by atoms with Gasteiger partial charge in [0.15, 0.2) is 0 Å². The van der Waals surface area contributed by atoms with E-state index in [1.54, 1.807) is 24.3 Å². The summed E-state index contributed by atoms with van der Waals surface area (Å²) in [4.78, 5) is 28.6. The second kappa shape index (κ2) is 9.63. The molecule has 2 amide bonds.